The van der Waals surface area contributed by atoms with Crippen molar-refractivity contribution in [3.05, 3.63) is 84.2 Å². The predicted molar refractivity (Wildman–Crippen MR) is 102 cm³/mol. The third kappa shape index (κ3) is 4.95. The molecule has 2 nitrogen and oxygen atoms in total. The zero-order chi connectivity index (χ0) is 17.7. The molecule has 4 heteroatoms. The Bertz CT molecular complexity index is 799. The van der Waals surface area contributed by atoms with Crippen LogP contribution in [-0.2, 0) is 13.0 Å². The summed E-state index contributed by atoms with van der Waals surface area (Å²) in [5, 5.41) is 0. The maximum Gasteiger partial charge on any atom is 0.123 e. The fraction of sp³-hybridized carbons (Fsp3) is 0.286. The number of nitrogens with zero attached hydrogens (tertiary/aromatic N) is 2. The lowest BCUT2D eigenvalue weighted by molar-refractivity contribution is 0.495. The van der Waals surface area contributed by atoms with Gasteiger partial charge in [0.2, 0.25) is 0 Å². The highest BCUT2D eigenvalue weighted by molar-refractivity contribution is 8.00. The second kappa shape index (κ2) is 7.87. The van der Waals surface area contributed by atoms with Crippen LogP contribution in [0.4, 0.5) is 4.39 Å². The molecule has 1 atom stereocenters. The lowest BCUT2D eigenvalue weighted by atomic mass is 10.00. The van der Waals surface area contributed by atoms with E-state index in [9.17, 15) is 4.39 Å². The standard InChI is InChI=1S/C21H23FN2S/c1-17-5-3-4-6-20(17)25-21(2,15-24-14-13-23-16-24)12-11-18-7-9-19(22)10-8-18/h3-10,13-14,16H,11-12,15H2,1-2H3. The maximum atomic E-state index is 13.1. The van der Waals surface area contributed by atoms with E-state index in [1.165, 1.54) is 28.2 Å². The summed E-state index contributed by atoms with van der Waals surface area (Å²) in [7, 11) is 0. The molecule has 0 aliphatic carbocycles. The van der Waals surface area contributed by atoms with Crippen molar-refractivity contribution in [3.63, 3.8) is 0 Å². The zero-order valence-corrected chi connectivity index (χ0v) is 15.5. The number of rotatable bonds is 7. The fourth-order valence-electron chi connectivity index (χ4n) is 2.93. The van der Waals surface area contributed by atoms with E-state index < -0.39 is 0 Å². The highest BCUT2D eigenvalue weighted by atomic mass is 32.2. The summed E-state index contributed by atoms with van der Waals surface area (Å²) in [6.07, 6.45) is 7.61. The average molecular weight is 354 g/mol. The van der Waals surface area contributed by atoms with Crippen molar-refractivity contribution in [3.8, 4) is 0 Å². The molecule has 0 saturated heterocycles. The highest BCUT2D eigenvalue weighted by Crippen LogP contribution is 2.39. The van der Waals surface area contributed by atoms with Gasteiger partial charge in [-0.05, 0) is 56.0 Å². The Kier molecular flexibility index (Phi) is 5.59. The van der Waals surface area contributed by atoms with E-state index in [4.69, 9.17) is 0 Å². The molecule has 0 bridgehead atoms. The van der Waals surface area contributed by atoms with Gasteiger partial charge in [-0.25, -0.2) is 9.37 Å². The summed E-state index contributed by atoms with van der Waals surface area (Å²) in [6, 6.07) is 15.3. The molecule has 0 fully saturated rings. The summed E-state index contributed by atoms with van der Waals surface area (Å²) in [4.78, 5) is 5.48. The second-order valence-corrected chi connectivity index (χ2v) is 8.31. The average Bonchev–Trinajstić information content (AvgIpc) is 3.09. The highest BCUT2D eigenvalue weighted by Gasteiger charge is 2.27. The van der Waals surface area contributed by atoms with Gasteiger partial charge in [0.25, 0.3) is 0 Å². The Morgan fingerprint density at radius 1 is 1.12 bits per heavy atom. The molecule has 0 aliphatic heterocycles. The molecule has 1 unspecified atom stereocenters. The van der Waals surface area contributed by atoms with Crippen molar-refractivity contribution >= 4 is 11.8 Å². The van der Waals surface area contributed by atoms with Gasteiger partial charge in [-0.15, -0.1) is 11.8 Å². The van der Waals surface area contributed by atoms with E-state index in [1.54, 1.807) is 0 Å². The largest absolute Gasteiger partial charge is 0.336 e. The van der Waals surface area contributed by atoms with Gasteiger partial charge in [0, 0.05) is 28.6 Å². The summed E-state index contributed by atoms with van der Waals surface area (Å²) in [6.45, 7) is 5.33. The first-order chi connectivity index (χ1) is 12.0. The van der Waals surface area contributed by atoms with Crippen molar-refractivity contribution in [2.24, 2.45) is 0 Å². The molecule has 2 aromatic carbocycles. The molecule has 1 aromatic heterocycles. The van der Waals surface area contributed by atoms with Crippen molar-refractivity contribution in [1.29, 1.82) is 0 Å². The maximum absolute atomic E-state index is 13.1. The smallest absolute Gasteiger partial charge is 0.123 e. The molecular weight excluding hydrogens is 331 g/mol. The summed E-state index contributed by atoms with van der Waals surface area (Å²) < 4.78 is 15.3. The first-order valence-electron chi connectivity index (χ1n) is 8.49. The third-order valence-electron chi connectivity index (χ3n) is 4.38. The van der Waals surface area contributed by atoms with E-state index in [0.29, 0.717) is 0 Å². The van der Waals surface area contributed by atoms with Crippen molar-refractivity contribution in [2.45, 2.75) is 42.9 Å². The Morgan fingerprint density at radius 3 is 2.56 bits per heavy atom. The Balaban J connectivity index is 1.78. The number of thioether (sulfide) groups is 1. The van der Waals surface area contributed by atoms with Gasteiger partial charge in [0.1, 0.15) is 5.82 Å². The van der Waals surface area contributed by atoms with Gasteiger partial charge >= 0.3 is 0 Å². The van der Waals surface area contributed by atoms with Gasteiger partial charge in [-0.3, -0.25) is 0 Å². The minimum Gasteiger partial charge on any atom is -0.336 e. The van der Waals surface area contributed by atoms with Crippen LogP contribution in [0.15, 0.2) is 72.1 Å². The SMILES string of the molecule is Cc1ccccc1SC(C)(CCc1ccc(F)cc1)Cn1ccnc1. The Morgan fingerprint density at radius 2 is 1.88 bits per heavy atom. The molecule has 0 saturated carbocycles. The summed E-state index contributed by atoms with van der Waals surface area (Å²) in [5.74, 6) is -0.181. The summed E-state index contributed by atoms with van der Waals surface area (Å²) in [5.41, 5.74) is 2.47. The number of hydrogen-bond acceptors (Lipinski definition) is 2. The third-order valence-corrected chi connectivity index (χ3v) is 5.89. The lowest BCUT2D eigenvalue weighted by Gasteiger charge is -2.30. The van der Waals surface area contributed by atoms with Crippen molar-refractivity contribution in [1.82, 2.24) is 9.55 Å². The Hall–Kier alpha value is -2.07. The Labute approximate surface area is 153 Å². The van der Waals surface area contributed by atoms with Crippen LogP contribution in [0, 0.1) is 12.7 Å². The fourth-order valence-corrected chi connectivity index (χ4v) is 4.25. The van der Waals surface area contributed by atoms with Gasteiger partial charge < -0.3 is 4.57 Å². The molecule has 0 amide bonds. The van der Waals surface area contributed by atoms with E-state index in [1.807, 2.05) is 42.6 Å². The predicted octanol–water partition coefficient (Wildman–Crippen LogP) is 5.51. The topological polar surface area (TPSA) is 17.8 Å². The zero-order valence-electron chi connectivity index (χ0n) is 14.7. The molecule has 3 rings (SSSR count). The van der Waals surface area contributed by atoms with Crippen LogP contribution >= 0.6 is 11.8 Å². The first kappa shape index (κ1) is 17.7. The first-order valence-corrected chi connectivity index (χ1v) is 9.31. The number of hydrogen-bond donors (Lipinski definition) is 0. The molecule has 3 aromatic rings. The van der Waals surface area contributed by atoms with E-state index in [2.05, 4.69) is 47.7 Å². The van der Waals surface area contributed by atoms with Crippen LogP contribution in [0.2, 0.25) is 0 Å². The number of aryl methyl sites for hydroxylation is 2. The second-order valence-electron chi connectivity index (χ2n) is 6.68. The van der Waals surface area contributed by atoms with E-state index in [0.717, 1.165) is 19.4 Å². The van der Waals surface area contributed by atoms with Crippen LogP contribution in [0.3, 0.4) is 0 Å². The lowest BCUT2D eigenvalue weighted by Crippen LogP contribution is -2.27. The minimum absolute atomic E-state index is 0.0151. The molecule has 0 aliphatic rings. The minimum atomic E-state index is -0.181. The monoisotopic (exact) mass is 354 g/mol. The number of aromatic nitrogens is 2. The van der Waals surface area contributed by atoms with Gasteiger partial charge in [-0.2, -0.15) is 0 Å². The van der Waals surface area contributed by atoms with Crippen molar-refractivity contribution < 1.29 is 4.39 Å². The molecule has 130 valence electrons. The van der Waals surface area contributed by atoms with Gasteiger partial charge in [0.05, 0.1) is 6.33 Å². The molecule has 0 radical (unpaired) electrons. The van der Waals surface area contributed by atoms with Crippen molar-refractivity contribution in [2.75, 3.05) is 0 Å². The van der Waals surface area contributed by atoms with Crippen LogP contribution in [0.5, 0.6) is 0 Å². The van der Waals surface area contributed by atoms with Crippen LogP contribution in [0.25, 0.3) is 0 Å². The molecule has 0 spiro atoms. The molecule has 1 heterocycles. The normalized spacial score (nSPS) is 13.6. The van der Waals surface area contributed by atoms with Gasteiger partial charge in [-0.1, -0.05) is 30.3 Å². The van der Waals surface area contributed by atoms with E-state index >= 15 is 0 Å². The molecule has 25 heavy (non-hydrogen) atoms. The van der Waals surface area contributed by atoms with Crippen LogP contribution < -0.4 is 0 Å². The number of halogens is 1. The summed E-state index contributed by atoms with van der Waals surface area (Å²) >= 11 is 1.92. The molecular formula is C21H23FN2S. The van der Waals surface area contributed by atoms with Crippen LogP contribution in [0.1, 0.15) is 24.5 Å². The molecule has 0 N–H and O–H groups in total. The number of benzene rings is 2. The van der Waals surface area contributed by atoms with Gasteiger partial charge in [0.15, 0.2) is 0 Å². The van der Waals surface area contributed by atoms with Crippen LogP contribution in [-0.4, -0.2) is 14.3 Å². The quantitative estimate of drug-likeness (QED) is 0.520. The van der Waals surface area contributed by atoms with E-state index in [-0.39, 0.29) is 10.6 Å². The number of imidazole rings is 1.